The van der Waals surface area contributed by atoms with Crippen molar-refractivity contribution in [3.05, 3.63) is 23.8 Å². The SMILES string of the molecule is CCCCCCc1ccc(OCCOC)cc1O. The molecule has 1 N–H and O–H groups in total. The molecule has 0 saturated heterocycles. The summed E-state index contributed by atoms with van der Waals surface area (Å²) < 4.78 is 10.3. The number of hydrogen-bond donors (Lipinski definition) is 1. The van der Waals surface area contributed by atoms with Gasteiger partial charge < -0.3 is 14.6 Å². The molecule has 102 valence electrons. The van der Waals surface area contributed by atoms with Crippen LogP contribution in [0.5, 0.6) is 11.5 Å². The Morgan fingerprint density at radius 2 is 1.94 bits per heavy atom. The van der Waals surface area contributed by atoms with Crippen molar-refractivity contribution in [2.24, 2.45) is 0 Å². The van der Waals surface area contributed by atoms with Gasteiger partial charge in [0.25, 0.3) is 0 Å². The Morgan fingerprint density at radius 3 is 2.61 bits per heavy atom. The van der Waals surface area contributed by atoms with Crippen molar-refractivity contribution in [3.8, 4) is 11.5 Å². The van der Waals surface area contributed by atoms with Gasteiger partial charge in [-0.3, -0.25) is 0 Å². The first-order valence-electron chi connectivity index (χ1n) is 6.71. The van der Waals surface area contributed by atoms with Gasteiger partial charge in [0.05, 0.1) is 6.61 Å². The molecule has 0 heterocycles. The van der Waals surface area contributed by atoms with E-state index in [0.717, 1.165) is 18.4 Å². The Labute approximate surface area is 110 Å². The van der Waals surface area contributed by atoms with Gasteiger partial charge >= 0.3 is 0 Å². The van der Waals surface area contributed by atoms with Crippen molar-refractivity contribution in [1.29, 1.82) is 0 Å². The largest absolute Gasteiger partial charge is 0.508 e. The molecule has 3 heteroatoms. The van der Waals surface area contributed by atoms with E-state index in [1.165, 1.54) is 19.3 Å². The van der Waals surface area contributed by atoms with E-state index >= 15 is 0 Å². The van der Waals surface area contributed by atoms with E-state index in [1.807, 2.05) is 12.1 Å². The van der Waals surface area contributed by atoms with Crippen molar-refractivity contribution in [3.63, 3.8) is 0 Å². The van der Waals surface area contributed by atoms with Crippen molar-refractivity contribution >= 4 is 0 Å². The van der Waals surface area contributed by atoms with E-state index < -0.39 is 0 Å². The summed E-state index contributed by atoms with van der Waals surface area (Å²) in [5, 5.41) is 9.89. The Kier molecular flexibility index (Phi) is 7.26. The fraction of sp³-hybridized carbons (Fsp3) is 0.600. The maximum atomic E-state index is 9.89. The monoisotopic (exact) mass is 252 g/mol. The number of phenolic OH excluding ortho intramolecular Hbond substituents is 1. The number of rotatable bonds is 9. The van der Waals surface area contributed by atoms with Crippen molar-refractivity contribution < 1.29 is 14.6 Å². The third kappa shape index (κ3) is 5.41. The van der Waals surface area contributed by atoms with Crippen LogP contribution in [0.2, 0.25) is 0 Å². The molecule has 0 saturated carbocycles. The number of aryl methyl sites for hydroxylation is 1. The molecular weight excluding hydrogens is 228 g/mol. The lowest BCUT2D eigenvalue weighted by atomic mass is 10.1. The molecule has 0 radical (unpaired) electrons. The smallest absolute Gasteiger partial charge is 0.123 e. The summed E-state index contributed by atoms with van der Waals surface area (Å²) in [5.41, 5.74) is 1.00. The Hall–Kier alpha value is -1.22. The first kappa shape index (κ1) is 14.8. The van der Waals surface area contributed by atoms with Crippen LogP contribution in [0.15, 0.2) is 18.2 Å². The van der Waals surface area contributed by atoms with Gasteiger partial charge in [0, 0.05) is 13.2 Å². The zero-order valence-corrected chi connectivity index (χ0v) is 11.4. The zero-order chi connectivity index (χ0) is 13.2. The summed E-state index contributed by atoms with van der Waals surface area (Å²) in [6.07, 6.45) is 5.79. The van der Waals surface area contributed by atoms with Crippen LogP contribution in [0.25, 0.3) is 0 Å². The van der Waals surface area contributed by atoms with Crippen molar-refractivity contribution in [2.75, 3.05) is 20.3 Å². The van der Waals surface area contributed by atoms with Crippen LogP contribution >= 0.6 is 0 Å². The second-order valence-corrected chi connectivity index (χ2v) is 4.44. The Morgan fingerprint density at radius 1 is 1.11 bits per heavy atom. The van der Waals surface area contributed by atoms with E-state index in [2.05, 4.69) is 6.92 Å². The summed E-state index contributed by atoms with van der Waals surface area (Å²) in [6.45, 7) is 3.26. The van der Waals surface area contributed by atoms with Gasteiger partial charge in [0.15, 0.2) is 0 Å². The topological polar surface area (TPSA) is 38.7 Å². The van der Waals surface area contributed by atoms with Crippen LogP contribution in [0.1, 0.15) is 38.2 Å². The lowest BCUT2D eigenvalue weighted by Crippen LogP contribution is -2.04. The highest BCUT2D eigenvalue weighted by Crippen LogP contribution is 2.25. The van der Waals surface area contributed by atoms with Gasteiger partial charge in [-0.15, -0.1) is 0 Å². The first-order valence-corrected chi connectivity index (χ1v) is 6.71. The average molecular weight is 252 g/mol. The fourth-order valence-corrected chi connectivity index (χ4v) is 1.83. The third-order valence-corrected chi connectivity index (χ3v) is 2.91. The molecule has 0 aliphatic rings. The highest BCUT2D eigenvalue weighted by Gasteiger charge is 2.03. The van der Waals surface area contributed by atoms with Gasteiger partial charge in [-0.2, -0.15) is 0 Å². The molecule has 0 spiro atoms. The number of ether oxygens (including phenoxy) is 2. The summed E-state index contributed by atoms with van der Waals surface area (Å²) >= 11 is 0. The predicted molar refractivity (Wildman–Crippen MR) is 73.3 cm³/mol. The highest BCUT2D eigenvalue weighted by atomic mass is 16.5. The molecule has 0 atom stereocenters. The quantitative estimate of drug-likeness (QED) is 0.683. The maximum absolute atomic E-state index is 9.89. The molecule has 1 aromatic carbocycles. The number of benzene rings is 1. The zero-order valence-electron chi connectivity index (χ0n) is 11.4. The van der Waals surface area contributed by atoms with Gasteiger partial charge in [-0.25, -0.2) is 0 Å². The molecule has 0 aliphatic heterocycles. The van der Waals surface area contributed by atoms with E-state index in [-0.39, 0.29) is 0 Å². The molecule has 0 bridgehead atoms. The minimum absolute atomic E-state index is 0.335. The predicted octanol–water partition coefficient (Wildman–Crippen LogP) is 3.54. The normalized spacial score (nSPS) is 10.6. The number of methoxy groups -OCH3 is 1. The second kappa shape index (κ2) is 8.81. The molecule has 0 aliphatic carbocycles. The number of hydrogen-bond acceptors (Lipinski definition) is 3. The molecule has 18 heavy (non-hydrogen) atoms. The summed E-state index contributed by atoms with van der Waals surface area (Å²) in [4.78, 5) is 0. The lowest BCUT2D eigenvalue weighted by Gasteiger charge is -2.09. The highest BCUT2D eigenvalue weighted by molar-refractivity contribution is 5.39. The van der Waals surface area contributed by atoms with Crippen LogP contribution in [0, 0.1) is 0 Å². The fourth-order valence-electron chi connectivity index (χ4n) is 1.83. The first-order chi connectivity index (χ1) is 8.77. The van der Waals surface area contributed by atoms with E-state index in [9.17, 15) is 5.11 Å². The average Bonchev–Trinajstić information content (AvgIpc) is 2.37. The molecule has 0 fully saturated rings. The molecule has 0 aromatic heterocycles. The number of phenols is 1. The van der Waals surface area contributed by atoms with Crippen LogP contribution in [-0.4, -0.2) is 25.4 Å². The van der Waals surface area contributed by atoms with Gasteiger partial charge in [0.2, 0.25) is 0 Å². The van der Waals surface area contributed by atoms with E-state index in [0.29, 0.717) is 24.7 Å². The standard InChI is InChI=1S/C15H24O3/c1-3-4-5-6-7-13-8-9-14(12-15(13)16)18-11-10-17-2/h8-9,12,16H,3-7,10-11H2,1-2H3. The molecule has 0 unspecified atom stereocenters. The maximum Gasteiger partial charge on any atom is 0.123 e. The summed E-state index contributed by atoms with van der Waals surface area (Å²) in [5.74, 6) is 1.03. The molecule has 1 rings (SSSR count). The van der Waals surface area contributed by atoms with E-state index in [1.54, 1.807) is 13.2 Å². The van der Waals surface area contributed by atoms with Crippen LogP contribution in [-0.2, 0) is 11.2 Å². The van der Waals surface area contributed by atoms with Crippen LogP contribution in [0.4, 0.5) is 0 Å². The van der Waals surface area contributed by atoms with Crippen molar-refractivity contribution in [2.45, 2.75) is 39.0 Å². The molecule has 3 nitrogen and oxygen atoms in total. The third-order valence-electron chi connectivity index (χ3n) is 2.91. The van der Waals surface area contributed by atoms with E-state index in [4.69, 9.17) is 9.47 Å². The van der Waals surface area contributed by atoms with Crippen LogP contribution in [0.3, 0.4) is 0 Å². The van der Waals surface area contributed by atoms with Crippen molar-refractivity contribution in [1.82, 2.24) is 0 Å². The van der Waals surface area contributed by atoms with Gasteiger partial charge in [0.1, 0.15) is 18.1 Å². The molecule has 1 aromatic rings. The number of unbranched alkanes of at least 4 members (excludes halogenated alkanes) is 3. The molecular formula is C15H24O3. The minimum atomic E-state index is 0.335. The van der Waals surface area contributed by atoms with Gasteiger partial charge in [-0.05, 0) is 24.5 Å². The molecule has 0 amide bonds. The Bertz CT molecular complexity index is 337. The summed E-state index contributed by atoms with van der Waals surface area (Å²) in [6, 6.07) is 5.54. The second-order valence-electron chi connectivity index (χ2n) is 4.44. The van der Waals surface area contributed by atoms with Crippen LogP contribution < -0.4 is 4.74 Å². The van der Waals surface area contributed by atoms with Gasteiger partial charge in [-0.1, -0.05) is 32.3 Å². The number of aromatic hydroxyl groups is 1. The summed E-state index contributed by atoms with van der Waals surface area (Å²) in [7, 11) is 1.64. The lowest BCUT2D eigenvalue weighted by molar-refractivity contribution is 0.146. The Balaban J connectivity index is 2.41. The minimum Gasteiger partial charge on any atom is -0.508 e.